The van der Waals surface area contributed by atoms with Gasteiger partial charge in [0.15, 0.2) is 0 Å². The Labute approximate surface area is 102 Å². The summed E-state index contributed by atoms with van der Waals surface area (Å²) in [7, 11) is 1.10. The van der Waals surface area contributed by atoms with Gasteiger partial charge in [-0.2, -0.15) is 4.39 Å². The maximum absolute atomic E-state index is 13.2. The molecule has 1 rings (SSSR count). The number of methoxy groups -OCH3 is 1. The quantitative estimate of drug-likeness (QED) is 0.473. The monoisotopic (exact) mass is 263 g/mol. The molecular weight excluding hydrogens is 253 g/mol. The Morgan fingerprint density at radius 2 is 2.29 bits per heavy atom. The first-order valence-electron chi connectivity index (χ1n) is 4.67. The average molecular weight is 264 g/mol. The van der Waals surface area contributed by atoms with E-state index >= 15 is 0 Å². The minimum absolute atomic E-state index is 0.0833. The van der Waals surface area contributed by atoms with E-state index in [1.807, 2.05) is 0 Å². The van der Waals surface area contributed by atoms with Gasteiger partial charge in [0.1, 0.15) is 11.7 Å². The third-order valence-corrected chi connectivity index (χ3v) is 2.45. The van der Waals surface area contributed by atoms with Crippen LogP contribution in [0.25, 0.3) is 0 Å². The maximum atomic E-state index is 13.2. The highest BCUT2D eigenvalue weighted by Crippen LogP contribution is 2.19. The third kappa shape index (κ3) is 3.12. The number of alkyl halides is 1. The number of carbonyl (C=O) groups excluding carboxylic acids is 1. The molecule has 2 unspecified atom stereocenters. The first-order chi connectivity index (χ1) is 8.01. The number of aliphatic hydroxyl groups excluding tert-OH is 2. The van der Waals surface area contributed by atoms with Crippen LogP contribution in [0.3, 0.4) is 0 Å². The SMILES string of the molecule is COC(=O)c1cc(C(O)C(O)CCl)cnc1F. The van der Waals surface area contributed by atoms with Crippen LogP contribution in [-0.2, 0) is 4.74 Å². The van der Waals surface area contributed by atoms with Gasteiger partial charge in [0, 0.05) is 11.8 Å². The molecular formula is C10H11ClFNO4. The number of ether oxygens (including phenoxy) is 1. The van der Waals surface area contributed by atoms with Gasteiger partial charge in [-0.25, -0.2) is 9.78 Å². The van der Waals surface area contributed by atoms with Crippen LogP contribution in [0.1, 0.15) is 22.0 Å². The molecule has 0 aliphatic rings. The second-order valence-electron chi connectivity index (χ2n) is 3.27. The Balaban J connectivity index is 3.08. The first-order valence-corrected chi connectivity index (χ1v) is 5.20. The molecule has 0 fully saturated rings. The second-order valence-corrected chi connectivity index (χ2v) is 3.57. The largest absolute Gasteiger partial charge is 0.465 e. The molecule has 17 heavy (non-hydrogen) atoms. The molecule has 5 nitrogen and oxygen atoms in total. The van der Waals surface area contributed by atoms with Crippen molar-refractivity contribution in [2.45, 2.75) is 12.2 Å². The van der Waals surface area contributed by atoms with E-state index in [4.69, 9.17) is 11.6 Å². The van der Waals surface area contributed by atoms with E-state index in [9.17, 15) is 19.4 Å². The van der Waals surface area contributed by atoms with E-state index in [0.29, 0.717) is 0 Å². The normalized spacial score (nSPS) is 14.2. The van der Waals surface area contributed by atoms with Gasteiger partial charge in [-0.3, -0.25) is 0 Å². The standard InChI is InChI=1S/C10H11ClFNO4/c1-17-10(16)6-2-5(4-13-9(6)12)8(15)7(14)3-11/h2,4,7-8,14-15H,3H2,1H3. The summed E-state index contributed by atoms with van der Waals surface area (Å²) >= 11 is 5.36. The summed E-state index contributed by atoms with van der Waals surface area (Å²) in [5, 5.41) is 18.9. The summed E-state index contributed by atoms with van der Waals surface area (Å²) in [4.78, 5) is 14.5. The third-order valence-electron chi connectivity index (χ3n) is 2.13. The number of nitrogens with zero attached hydrogens (tertiary/aromatic N) is 1. The number of hydrogen-bond donors (Lipinski definition) is 2. The highest BCUT2D eigenvalue weighted by Gasteiger charge is 2.21. The van der Waals surface area contributed by atoms with Gasteiger partial charge >= 0.3 is 5.97 Å². The summed E-state index contributed by atoms with van der Waals surface area (Å²) in [6, 6.07) is 1.06. The van der Waals surface area contributed by atoms with Crippen molar-refractivity contribution in [2.75, 3.05) is 13.0 Å². The number of rotatable bonds is 4. The van der Waals surface area contributed by atoms with Gasteiger partial charge in [0.2, 0.25) is 5.95 Å². The van der Waals surface area contributed by atoms with Gasteiger partial charge in [-0.05, 0) is 6.07 Å². The summed E-state index contributed by atoms with van der Waals surface area (Å²) in [5.74, 6) is -2.12. The fourth-order valence-corrected chi connectivity index (χ4v) is 1.35. The van der Waals surface area contributed by atoms with Gasteiger partial charge < -0.3 is 14.9 Å². The highest BCUT2D eigenvalue weighted by molar-refractivity contribution is 6.18. The molecule has 0 aromatic carbocycles. The Kier molecular flexibility index (Phi) is 4.80. The molecule has 0 bridgehead atoms. The molecule has 1 aromatic heterocycles. The zero-order chi connectivity index (χ0) is 13.0. The maximum Gasteiger partial charge on any atom is 0.342 e. The van der Waals surface area contributed by atoms with E-state index in [-0.39, 0.29) is 11.4 Å². The van der Waals surface area contributed by atoms with Crippen molar-refractivity contribution >= 4 is 17.6 Å². The molecule has 0 aliphatic carbocycles. The number of halogens is 2. The van der Waals surface area contributed by atoms with Crippen LogP contribution in [0.5, 0.6) is 0 Å². The lowest BCUT2D eigenvalue weighted by Gasteiger charge is -2.15. The van der Waals surface area contributed by atoms with Crippen molar-refractivity contribution in [1.82, 2.24) is 4.98 Å². The van der Waals surface area contributed by atoms with Crippen molar-refractivity contribution in [2.24, 2.45) is 0 Å². The number of pyridine rings is 1. The van der Waals surface area contributed by atoms with Gasteiger partial charge in [0.05, 0.1) is 19.1 Å². The van der Waals surface area contributed by atoms with Crippen molar-refractivity contribution in [3.05, 3.63) is 29.3 Å². The number of hydrogen-bond acceptors (Lipinski definition) is 5. The van der Waals surface area contributed by atoms with Crippen LogP contribution >= 0.6 is 11.6 Å². The molecule has 0 saturated carbocycles. The number of aromatic nitrogens is 1. The fourth-order valence-electron chi connectivity index (χ4n) is 1.19. The lowest BCUT2D eigenvalue weighted by Crippen LogP contribution is -2.20. The Hall–Kier alpha value is -1.24. The van der Waals surface area contributed by atoms with Gasteiger partial charge in [-0.1, -0.05) is 0 Å². The van der Waals surface area contributed by atoms with E-state index in [2.05, 4.69) is 9.72 Å². The zero-order valence-corrected chi connectivity index (χ0v) is 9.69. The smallest absolute Gasteiger partial charge is 0.342 e. The molecule has 7 heteroatoms. The van der Waals surface area contributed by atoms with Crippen molar-refractivity contribution in [3.8, 4) is 0 Å². The molecule has 2 N–H and O–H groups in total. The summed E-state index contributed by atoms with van der Waals surface area (Å²) in [6.45, 7) is 0. The van der Waals surface area contributed by atoms with Crippen LogP contribution < -0.4 is 0 Å². The molecule has 94 valence electrons. The molecule has 0 saturated heterocycles. The lowest BCUT2D eigenvalue weighted by atomic mass is 10.1. The topological polar surface area (TPSA) is 79.7 Å². The number of carbonyl (C=O) groups is 1. The molecule has 0 spiro atoms. The van der Waals surface area contributed by atoms with Crippen LogP contribution in [0, 0.1) is 5.95 Å². The van der Waals surface area contributed by atoms with Crippen LogP contribution in [-0.4, -0.2) is 40.3 Å². The Morgan fingerprint density at radius 3 is 2.82 bits per heavy atom. The van der Waals surface area contributed by atoms with E-state index in [1.165, 1.54) is 0 Å². The summed E-state index contributed by atoms with van der Waals surface area (Å²) < 4.78 is 17.5. The Morgan fingerprint density at radius 1 is 1.65 bits per heavy atom. The van der Waals surface area contributed by atoms with Crippen LogP contribution in [0.15, 0.2) is 12.3 Å². The van der Waals surface area contributed by atoms with Crippen LogP contribution in [0.4, 0.5) is 4.39 Å². The van der Waals surface area contributed by atoms with Crippen molar-refractivity contribution in [1.29, 1.82) is 0 Å². The van der Waals surface area contributed by atoms with Crippen molar-refractivity contribution < 1.29 is 24.1 Å². The summed E-state index contributed by atoms with van der Waals surface area (Å²) in [5.41, 5.74) is -0.328. The molecule has 0 amide bonds. The predicted molar refractivity (Wildman–Crippen MR) is 57.2 cm³/mol. The zero-order valence-electron chi connectivity index (χ0n) is 8.93. The lowest BCUT2D eigenvalue weighted by molar-refractivity contribution is 0.0322. The minimum Gasteiger partial charge on any atom is -0.465 e. The number of esters is 1. The highest BCUT2D eigenvalue weighted by atomic mass is 35.5. The second kappa shape index (κ2) is 5.90. The molecule has 1 aromatic rings. The summed E-state index contributed by atoms with van der Waals surface area (Å²) in [6.07, 6.45) is -1.55. The van der Waals surface area contributed by atoms with E-state index in [0.717, 1.165) is 19.4 Å². The van der Waals surface area contributed by atoms with Crippen LogP contribution in [0.2, 0.25) is 0 Å². The Bertz CT molecular complexity index is 415. The molecule has 0 aliphatic heterocycles. The van der Waals surface area contributed by atoms with Gasteiger partial charge in [0.25, 0.3) is 0 Å². The molecule has 0 radical (unpaired) electrons. The fraction of sp³-hybridized carbons (Fsp3) is 0.400. The average Bonchev–Trinajstić information content (AvgIpc) is 2.36. The minimum atomic E-state index is -1.34. The molecule has 2 atom stereocenters. The van der Waals surface area contributed by atoms with E-state index < -0.39 is 29.7 Å². The predicted octanol–water partition coefficient (Wildman–Crippen LogP) is 0.640. The van der Waals surface area contributed by atoms with E-state index in [1.54, 1.807) is 0 Å². The van der Waals surface area contributed by atoms with Crippen molar-refractivity contribution in [3.63, 3.8) is 0 Å². The van der Waals surface area contributed by atoms with Gasteiger partial charge in [-0.15, -0.1) is 11.6 Å². The molecule has 1 heterocycles. The first kappa shape index (κ1) is 13.8. The number of aliphatic hydroxyl groups is 2.